The Labute approximate surface area is 104 Å². The highest BCUT2D eigenvalue weighted by molar-refractivity contribution is 5.09. The van der Waals surface area contributed by atoms with Gasteiger partial charge in [-0.1, -0.05) is 6.92 Å². The summed E-state index contributed by atoms with van der Waals surface area (Å²) in [6.07, 6.45) is 1.28. The van der Waals surface area contributed by atoms with E-state index in [1.807, 2.05) is 18.8 Å². The Balaban J connectivity index is 1.96. The molecule has 4 nitrogen and oxygen atoms in total. The van der Waals surface area contributed by atoms with Gasteiger partial charge in [0.25, 0.3) is 0 Å². The van der Waals surface area contributed by atoms with Crippen molar-refractivity contribution in [2.45, 2.75) is 26.8 Å². The van der Waals surface area contributed by atoms with Gasteiger partial charge in [-0.15, -0.1) is 0 Å². The van der Waals surface area contributed by atoms with Gasteiger partial charge in [-0.3, -0.25) is 9.58 Å². The predicted octanol–water partition coefficient (Wildman–Crippen LogP) is 1.16. The third-order valence-electron chi connectivity index (χ3n) is 3.72. The highest BCUT2D eigenvalue weighted by Gasteiger charge is 2.33. The Morgan fingerprint density at radius 2 is 2.29 bits per heavy atom. The van der Waals surface area contributed by atoms with Gasteiger partial charge in [0.2, 0.25) is 0 Å². The van der Waals surface area contributed by atoms with Crippen molar-refractivity contribution in [1.29, 1.82) is 0 Å². The minimum atomic E-state index is 0.433. The fourth-order valence-corrected chi connectivity index (χ4v) is 2.87. The maximum Gasteiger partial charge on any atom is 0.0597 e. The summed E-state index contributed by atoms with van der Waals surface area (Å²) in [5.74, 6) is 0. The SMILES string of the molecule is CNCC1(C)CCN(Cc2cc(C)nn2C)C1. The highest BCUT2D eigenvalue weighted by atomic mass is 15.3. The third kappa shape index (κ3) is 2.87. The van der Waals surface area contributed by atoms with Crippen LogP contribution < -0.4 is 5.32 Å². The van der Waals surface area contributed by atoms with Crippen molar-refractivity contribution in [3.05, 3.63) is 17.5 Å². The minimum absolute atomic E-state index is 0.433. The molecule has 96 valence electrons. The number of nitrogens with one attached hydrogen (secondary N) is 1. The Hall–Kier alpha value is -0.870. The fourth-order valence-electron chi connectivity index (χ4n) is 2.87. The lowest BCUT2D eigenvalue weighted by atomic mass is 9.90. The lowest BCUT2D eigenvalue weighted by Crippen LogP contribution is -2.33. The number of aromatic nitrogens is 2. The molecule has 1 atom stereocenters. The summed E-state index contributed by atoms with van der Waals surface area (Å²) < 4.78 is 2.00. The van der Waals surface area contributed by atoms with Crippen LogP contribution in [0.25, 0.3) is 0 Å². The third-order valence-corrected chi connectivity index (χ3v) is 3.72. The molecule has 0 aliphatic carbocycles. The van der Waals surface area contributed by atoms with Crippen molar-refractivity contribution >= 4 is 0 Å². The van der Waals surface area contributed by atoms with Crippen LogP contribution in [0.15, 0.2) is 6.07 Å². The molecule has 17 heavy (non-hydrogen) atoms. The van der Waals surface area contributed by atoms with Gasteiger partial charge in [-0.05, 0) is 38.4 Å². The van der Waals surface area contributed by atoms with Crippen LogP contribution in [0.5, 0.6) is 0 Å². The van der Waals surface area contributed by atoms with Crippen molar-refractivity contribution < 1.29 is 0 Å². The van der Waals surface area contributed by atoms with Crippen LogP contribution in [0.3, 0.4) is 0 Å². The first-order chi connectivity index (χ1) is 8.02. The van der Waals surface area contributed by atoms with E-state index in [4.69, 9.17) is 0 Å². The van der Waals surface area contributed by atoms with Crippen LogP contribution in [0.4, 0.5) is 0 Å². The second-order valence-corrected chi connectivity index (χ2v) is 5.70. The second kappa shape index (κ2) is 4.78. The van der Waals surface area contributed by atoms with Crippen LogP contribution >= 0.6 is 0 Å². The van der Waals surface area contributed by atoms with Crippen molar-refractivity contribution in [1.82, 2.24) is 20.0 Å². The molecule has 1 fully saturated rings. The summed E-state index contributed by atoms with van der Waals surface area (Å²) in [5, 5.41) is 7.71. The lowest BCUT2D eigenvalue weighted by Gasteiger charge is -2.24. The topological polar surface area (TPSA) is 33.1 Å². The van der Waals surface area contributed by atoms with E-state index in [0.29, 0.717) is 5.41 Å². The summed E-state index contributed by atoms with van der Waals surface area (Å²) in [6.45, 7) is 8.93. The number of rotatable bonds is 4. The van der Waals surface area contributed by atoms with Crippen LogP contribution in [-0.2, 0) is 13.6 Å². The molecule has 0 bridgehead atoms. The molecule has 1 N–H and O–H groups in total. The smallest absolute Gasteiger partial charge is 0.0597 e. The molecule has 1 aliphatic heterocycles. The zero-order chi connectivity index (χ0) is 12.5. The summed E-state index contributed by atoms with van der Waals surface area (Å²) >= 11 is 0. The molecule has 2 heterocycles. The van der Waals surface area contributed by atoms with Gasteiger partial charge in [0.1, 0.15) is 0 Å². The summed E-state index contributed by atoms with van der Waals surface area (Å²) in [5.41, 5.74) is 2.86. The maximum absolute atomic E-state index is 4.40. The zero-order valence-electron chi connectivity index (χ0n) is 11.5. The molecule has 0 spiro atoms. The summed E-state index contributed by atoms with van der Waals surface area (Å²) in [4.78, 5) is 2.54. The van der Waals surface area contributed by atoms with Crippen LogP contribution in [-0.4, -0.2) is 41.4 Å². The average Bonchev–Trinajstić information content (AvgIpc) is 2.73. The first-order valence-corrected chi connectivity index (χ1v) is 6.39. The quantitative estimate of drug-likeness (QED) is 0.851. The van der Waals surface area contributed by atoms with Crippen molar-refractivity contribution in [3.8, 4) is 0 Å². The van der Waals surface area contributed by atoms with Gasteiger partial charge in [-0.2, -0.15) is 5.10 Å². The van der Waals surface area contributed by atoms with Crippen LogP contribution in [0.2, 0.25) is 0 Å². The largest absolute Gasteiger partial charge is 0.319 e. The van der Waals surface area contributed by atoms with Gasteiger partial charge < -0.3 is 5.32 Å². The van der Waals surface area contributed by atoms with E-state index in [1.165, 1.54) is 25.2 Å². The summed E-state index contributed by atoms with van der Waals surface area (Å²) in [7, 11) is 4.07. The first-order valence-electron chi connectivity index (χ1n) is 6.39. The van der Waals surface area contributed by atoms with E-state index >= 15 is 0 Å². The molecule has 1 aromatic rings. The molecule has 0 aromatic carbocycles. The Bertz CT molecular complexity index is 385. The van der Waals surface area contributed by atoms with Gasteiger partial charge in [0.05, 0.1) is 11.4 Å². The van der Waals surface area contributed by atoms with Crippen LogP contribution in [0.1, 0.15) is 24.7 Å². The number of hydrogen-bond acceptors (Lipinski definition) is 3. The normalized spacial score (nSPS) is 25.6. The fraction of sp³-hybridized carbons (Fsp3) is 0.769. The number of likely N-dealkylation sites (tertiary alicyclic amines) is 1. The van der Waals surface area contributed by atoms with Crippen molar-refractivity contribution in [2.75, 3.05) is 26.7 Å². The van der Waals surface area contributed by atoms with Gasteiger partial charge in [0, 0.05) is 26.7 Å². The molecule has 1 aromatic heterocycles. The average molecular weight is 236 g/mol. The lowest BCUT2D eigenvalue weighted by molar-refractivity contribution is 0.260. The monoisotopic (exact) mass is 236 g/mol. The van der Waals surface area contributed by atoms with Crippen molar-refractivity contribution in [3.63, 3.8) is 0 Å². The van der Waals surface area contributed by atoms with E-state index in [1.54, 1.807) is 0 Å². The van der Waals surface area contributed by atoms with E-state index in [-0.39, 0.29) is 0 Å². The number of nitrogens with zero attached hydrogens (tertiary/aromatic N) is 3. The standard InChI is InChI=1S/C13H24N4/c1-11-7-12(16(4)15-11)8-17-6-5-13(2,10-17)9-14-3/h7,14H,5-6,8-10H2,1-4H3. The molecule has 1 saturated heterocycles. The molecule has 2 rings (SSSR count). The predicted molar refractivity (Wildman–Crippen MR) is 69.9 cm³/mol. The molecular formula is C13H24N4. The molecule has 0 amide bonds. The van der Waals surface area contributed by atoms with E-state index in [0.717, 1.165) is 18.8 Å². The molecule has 4 heteroatoms. The molecule has 0 saturated carbocycles. The molecule has 1 aliphatic rings. The van der Waals surface area contributed by atoms with Gasteiger partial charge >= 0.3 is 0 Å². The number of hydrogen-bond donors (Lipinski definition) is 1. The minimum Gasteiger partial charge on any atom is -0.319 e. The Kier molecular flexibility index (Phi) is 3.54. The maximum atomic E-state index is 4.40. The zero-order valence-corrected chi connectivity index (χ0v) is 11.5. The van der Waals surface area contributed by atoms with Crippen LogP contribution in [0, 0.1) is 12.3 Å². The van der Waals surface area contributed by atoms with E-state index in [2.05, 4.69) is 35.2 Å². The van der Waals surface area contributed by atoms with Gasteiger partial charge in [-0.25, -0.2) is 0 Å². The van der Waals surface area contributed by atoms with E-state index in [9.17, 15) is 0 Å². The molecule has 0 radical (unpaired) electrons. The highest BCUT2D eigenvalue weighted by Crippen LogP contribution is 2.29. The summed E-state index contributed by atoms with van der Waals surface area (Å²) in [6, 6.07) is 2.19. The Morgan fingerprint density at radius 1 is 1.53 bits per heavy atom. The number of aryl methyl sites for hydroxylation is 2. The van der Waals surface area contributed by atoms with Gasteiger partial charge in [0.15, 0.2) is 0 Å². The first kappa shape index (κ1) is 12.6. The Morgan fingerprint density at radius 3 is 2.88 bits per heavy atom. The molecular weight excluding hydrogens is 212 g/mol. The van der Waals surface area contributed by atoms with Crippen molar-refractivity contribution in [2.24, 2.45) is 12.5 Å². The second-order valence-electron chi connectivity index (χ2n) is 5.70. The van der Waals surface area contributed by atoms with E-state index < -0.39 is 0 Å². The molecule has 1 unspecified atom stereocenters.